The van der Waals surface area contributed by atoms with E-state index in [9.17, 15) is 0 Å². The predicted molar refractivity (Wildman–Crippen MR) is 67.2 cm³/mol. The Hall–Kier alpha value is -1.08. The van der Waals surface area contributed by atoms with Gasteiger partial charge in [0, 0.05) is 18.6 Å². The van der Waals surface area contributed by atoms with E-state index in [4.69, 9.17) is 0 Å². The minimum atomic E-state index is 0.555. The molecule has 1 aliphatic carbocycles. The number of benzene rings is 1. The normalized spacial score (nSPS) is 30.6. The molecule has 0 radical (unpaired) electrons. The van der Waals surface area contributed by atoms with Crippen molar-refractivity contribution in [2.24, 2.45) is 5.92 Å². The van der Waals surface area contributed by atoms with Crippen molar-refractivity contribution >= 4 is 0 Å². The SMILES string of the molecule is C[C@H](c1ccccc1)N1CC2C=CC1CC2. The van der Waals surface area contributed by atoms with Crippen molar-refractivity contribution in [2.75, 3.05) is 6.54 Å². The third kappa shape index (κ3) is 1.69. The monoisotopic (exact) mass is 213 g/mol. The van der Waals surface area contributed by atoms with E-state index in [0.717, 1.165) is 5.92 Å². The van der Waals surface area contributed by atoms with E-state index >= 15 is 0 Å². The summed E-state index contributed by atoms with van der Waals surface area (Å²) in [6, 6.07) is 12.1. The molecule has 1 saturated heterocycles. The fraction of sp³-hybridized carbons (Fsp3) is 0.467. The maximum Gasteiger partial charge on any atom is 0.0326 e. The highest BCUT2D eigenvalue weighted by molar-refractivity contribution is 5.20. The Labute approximate surface area is 97.8 Å². The Morgan fingerprint density at radius 1 is 1.12 bits per heavy atom. The summed E-state index contributed by atoms with van der Waals surface area (Å²) in [7, 11) is 0. The highest BCUT2D eigenvalue weighted by Crippen LogP contribution is 2.35. The van der Waals surface area contributed by atoms with Gasteiger partial charge in [-0.25, -0.2) is 0 Å². The molecule has 0 amide bonds. The number of hydrogen-bond acceptors (Lipinski definition) is 1. The molecular formula is C15H19N. The maximum atomic E-state index is 2.66. The van der Waals surface area contributed by atoms with Crippen molar-refractivity contribution in [2.45, 2.75) is 31.8 Å². The van der Waals surface area contributed by atoms with Gasteiger partial charge >= 0.3 is 0 Å². The molecule has 84 valence electrons. The summed E-state index contributed by atoms with van der Waals surface area (Å²) in [5.74, 6) is 0.802. The smallest absolute Gasteiger partial charge is 0.0326 e. The van der Waals surface area contributed by atoms with Gasteiger partial charge in [0.2, 0.25) is 0 Å². The molecule has 0 saturated carbocycles. The number of nitrogens with zero attached hydrogens (tertiary/aromatic N) is 1. The summed E-state index contributed by atoms with van der Waals surface area (Å²) in [5, 5.41) is 0. The Morgan fingerprint density at radius 2 is 1.94 bits per heavy atom. The molecule has 0 spiro atoms. The van der Waals surface area contributed by atoms with Crippen LogP contribution < -0.4 is 0 Å². The Balaban J connectivity index is 1.81. The van der Waals surface area contributed by atoms with Crippen LogP contribution in [0, 0.1) is 5.92 Å². The van der Waals surface area contributed by atoms with Gasteiger partial charge in [0.1, 0.15) is 0 Å². The number of piperidine rings is 1. The van der Waals surface area contributed by atoms with Crippen molar-refractivity contribution in [3.63, 3.8) is 0 Å². The molecule has 1 aromatic carbocycles. The van der Waals surface area contributed by atoms with Crippen LogP contribution in [0.25, 0.3) is 0 Å². The fourth-order valence-corrected chi connectivity index (χ4v) is 3.07. The van der Waals surface area contributed by atoms with E-state index in [1.807, 2.05) is 0 Å². The molecule has 0 aromatic heterocycles. The molecule has 2 bridgehead atoms. The first-order valence-electron chi connectivity index (χ1n) is 6.33. The topological polar surface area (TPSA) is 3.24 Å². The molecule has 4 rings (SSSR count). The van der Waals surface area contributed by atoms with Gasteiger partial charge in [0.15, 0.2) is 0 Å². The number of hydrogen-bond donors (Lipinski definition) is 0. The van der Waals surface area contributed by atoms with Crippen LogP contribution in [0.1, 0.15) is 31.4 Å². The second-order valence-electron chi connectivity index (χ2n) is 5.07. The quantitative estimate of drug-likeness (QED) is 0.681. The van der Waals surface area contributed by atoms with Gasteiger partial charge in [0.05, 0.1) is 0 Å². The lowest BCUT2D eigenvalue weighted by atomic mass is 9.84. The van der Waals surface area contributed by atoms with Crippen molar-refractivity contribution in [1.82, 2.24) is 4.90 Å². The second-order valence-corrected chi connectivity index (χ2v) is 5.07. The van der Waals surface area contributed by atoms with Gasteiger partial charge in [-0.3, -0.25) is 4.90 Å². The lowest BCUT2D eigenvalue weighted by Crippen LogP contribution is -2.46. The summed E-state index contributed by atoms with van der Waals surface area (Å²) < 4.78 is 0. The van der Waals surface area contributed by atoms with Gasteiger partial charge in [-0.2, -0.15) is 0 Å². The van der Waals surface area contributed by atoms with E-state index in [1.54, 1.807) is 0 Å². The van der Waals surface area contributed by atoms with Crippen LogP contribution in [-0.2, 0) is 0 Å². The first kappa shape index (κ1) is 10.1. The van der Waals surface area contributed by atoms with Crippen LogP contribution in [-0.4, -0.2) is 17.5 Å². The third-order valence-electron chi connectivity index (χ3n) is 4.09. The molecule has 16 heavy (non-hydrogen) atoms. The lowest BCUT2D eigenvalue weighted by Gasteiger charge is -2.44. The molecule has 1 nitrogen and oxygen atoms in total. The molecule has 3 atom stereocenters. The van der Waals surface area contributed by atoms with Crippen molar-refractivity contribution in [1.29, 1.82) is 0 Å². The second kappa shape index (κ2) is 4.06. The molecule has 2 heterocycles. The fourth-order valence-electron chi connectivity index (χ4n) is 3.07. The highest BCUT2D eigenvalue weighted by atomic mass is 15.2. The van der Waals surface area contributed by atoms with Crippen LogP contribution in [0.4, 0.5) is 0 Å². The summed E-state index contributed by atoms with van der Waals surface area (Å²) in [6.45, 7) is 3.58. The maximum absolute atomic E-state index is 2.66. The van der Waals surface area contributed by atoms with Gasteiger partial charge < -0.3 is 0 Å². The van der Waals surface area contributed by atoms with Crippen molar-refractivity contribution < 1.29 is 0 Å². The van der Waals surface area contributed by atoms with E-state index in [0.29, 0.717) is 12.1 Å². The summed E-state index contributed by atoms with van der Waals surface area (Å²) >= 11 is 0. The van der Waals surface area contributed by atoms with E-state index in [1.165, 1.54) is 24.9 Å². The van der Waals surface area contributed by atoms with Crippen LogP contribution in [0.2, 0.25) is 0 Å². The van der Waals surface area contributed by atoms with E-state index < -0.39 is 0 Å². The standard InChI is InChI=1S/C15H19N/c1-12(14-5-3-2-4-6-14)16-11-13-7-9-15(16)10-8-13/h2-7,9,12-13,15H,8,10-11H2,1H3/t12-,13?,15?/m1/s1. The average Bonchev–Trinajstić information content (AvgIpc) is 2.40. The molecule has 1 fully saturated rings. The molecule has 2 aliphatic heterocycles. The van der Waals surface area contributed by atoms with Crippen LogP contribution >= 0.6 is 0 Å². The molecule has 0 N–H and O–H groups in total. The zero-order valence-electron chi connectivity index (χ0n) is 9.84. The highest BCUT2D eigenvalue weighted by Gasteiger charge is 2.32. The molecule has 2 unspecified atom stereocenters. The Morgan fingerprint density at radius 3 is 2.50 bits per heavy atom. The third-order valence-corrected chi connectivity index (χ3v) is 4.09. The van der Waals surface area contributed by atoms with Crippen molar-refractivity contribution in [3.8, 4) is 0 Å². The van der Waals surface area contributed by atoms with E-state index in [2.05, 4.69) is 54.3 Å². The summed E-state index contributed by atoms with van der Waals surface area (Å²) in [5.41, 5.74) is 1.45. The predicted octanol–water partition coefficient (Wildman–Crippen LogP) is 3.40. The van der Waals surface area contributed by atoms with Crippen molar-refractivity contribution in [3.05, 3.63) is 48.0 Å². The van der Waals surface area contributed by atoms with Gasteiger partial charge in [-0.15, -0.1) is 0 Å². The zero-order valence-corrected chi connectivity index (χ0v) is 9.84. The molecule has 1 aromatic rings. The lowest BCUT2D eigenvalue weighted by molar-refractivity contribution is 0.0953. The molecule has 1 heteroatoms. The minimum absolute atomic E-state index is 0.555. The number of rotatable bonds is 2. The average molecular weight is 213 g/mol. The van der Waals surface area contributed by atoms with Gasteiger partial charge in [-0.1, -0.05) is 42.5 Å². The van der Waals surface area contributed by atoms with Crippen LogP contribution in [0.15, 0.2) is 42.5 Å². The number of fused-ring (bicyclic) bond motifs is 2. The Kier molecular flexibility index (Phi) is 2.56. The van der Waals surface area contributed by atoms with E-state index in [-0.39, 0.29) is 0 Å². The minimum Gasteiger partial charge on any atom is -0.290 e. The molecule has 3 aliphatic rings. The Bertz CT molecular complexity index is 382. The van der Waals surface area contributed by atoms with Gasteiger partial charge in [-0.05, 0) is 31.2 Å². The van der Waals surface area contributed by atoms with Crippen LogP contribution in [0.5, 0.6) is 0 Å². The van der Waals surface area contributed by atoms with Crippen LogP contribution in [0.3, 0.4) is 0 Å². The zero-order chi connectivity index (χ0) is 11.0. The largest absolute Gasteiger partial charge is 0.290 e. The summed E-state index contributed by atoms with van der Waals surface area (Å²) in [4.78, 5) is 2.66. The molecular weight excluding hydrogens is 194 g/mol. The first-order valence-corrected chi connectivity index (χ1v) is 6.33. The van der Waals surface area contributed by atoms with Gasteiger partial charge in [0.25, 0.3) is 0 Å². The summed E-state index contributed by atoms with van der Waals surface area (Å²) in [6.07, 6.45) is 7.57. The first-order chi connectivity index (χ1) is 7.84.